The molecule has 0 bridgehead atoms. The van der Waals surface area contributed by atoms with Crippen LogP contribution in [0.1, 0.15) is 37.0 Å². The summed E-state index contributed by atoms with van der Waals surface area (Å²) < 4.78 is 5.23. The Morgan fingerprint density at radius 2 is 1.90 bits per heavy atom. The van der Waals surface area contributed by atoms with Gasteiger partial charge < -0.3 is 20.3 Å². The number of carbonyl (C=O) groups excluding carboxylic acids is 3. The quantitative estimate of drug-likeness (QED) is 0.680. The number of para-hydroxylation sites is 1. The molecule has 164 valence electrons. The second kappa shape index (κ2) is 9.83. The van der Waals surface area contributed by atoms with E-state index in [1.54, 1.807) is 47.4 Å². The zero-order valence-electron chi connectivity index (χ0n) is 17.8. The molecule has 3 amide bonds. The molecule has 7 nitrogen and oxygen atoms in total. The number of hydrogen-bond acceptors (Lipinski definition) is 4. The van der Waals surface area contributed by atoms with E-state index in [0.29, 0.717) is 40.7 Å². The van der Waals surface area contributed by atoms with Gasteiger partial charge in [0.2, 0.25) is 11.8 Å². The molecule has 8 heteroatoms. The first-order valence-corrected chi connectivity index (χ1v) is 10.5. The van der Waals surface area contributed by atoms with Crippen LogP contribution in [0.5, 0.6) is 5.75 Å². The van der Waals surface area contributed by atoms with Gasteiger partial charge in [-0.1, -0.05) is 37.6 Å². The van der Waals surface area contributed by atoms with E-state index < -0.39 is 11.9 Å². The molecule has 0 aromatic heterocycles. The maximum Gasteiger partial charge on any atom is 0.255 e. The lowest BCUT2D eigenvalue weighted by Gasteiger charge is -2.23. The first kappa shape index (κ1) is 22.6. The highest BCUT2D eigenvalue weighted by Gasteiger charge is 2.27. The molecule has 1 heterocycles. The Kier molecular flexibility index (Phi) is 7.17. The Morgan fingerprint density at radius 1 is 1.16 bits per heavy atom. The van der Waals surface area contributed by atoms with Crippen LogP contribution in [-0.2, 0) is 9.59 Å². The summed E-state index contributed by atoms with van der Waals surface area (Å²) in [5, 5.41) is 5.97. The number of methoxy groups -OCH3 is 1. The van der Waals surface area contributed by atoms with Crippen LogP contribution in [0.3, 0.4) is 0 Å². The molecule has 0 unspecified atom stereocenters. The highest BCUT2D eigenvalue weighted by molar-refractivity contribution is 6.34. The second-order valence-corrected chi connectivity index (χ2v) is 8.11. The Bertz CT molecular complexity index is 993. The third-order valence-corrected chi connectivity index (χ3v) is 5.47. The molecule has 0 aliphatic carbocycles. The lowest BCUT2D eigenvalue weighted by molar-refractivity contribution is -0.119. The van der Waals surface area contributed by atoms with Crippen molar-refractivity contribution in [2.75, 3.05) is 23.9 Å². The third kappa shape index (κ3) is 5.17. The van der Waals surface area contributed by atoms with E-state index in [1.807, 2.05) is 13.8 Å². The molecule has 2 aromatic rings. The van der Waals surface area contributed by atoms with Crippen molar-refractivity contribution >= 4 is 40.7 Å². The molecule has 1 saturated heterocycles. The summed E-state index contributed by atoms with van der Waals surface area (Å²) in [5.41, 5.74) is 1.47. The molecular formula is C23H26ClN3O4. The highest BCUT2D eigenvalue weighted by Crippen LogP contribution is 2.31. The first-order valence-electron chi connectivity index (χ1n) is 10.2. The molecular weight excluding hydrogens is 418 g/mol. The van der Waals surface area contributed by atoms with E-state index >= 15 is 0 Å². The number of anilines is 2. The zero-order chi connectivity index (χ0) is 22.5. The topological polar surface area (TPSA) is 87.7 Å². The molecule has 1 atom stereocenters. The van der Waals surface area contributed by atoms with Gasteiger partial charge >= 0.3 is 0 Å². The van der Waals surface area contributed by atoms with Gasteiger partial charge in [0.05, 0.1) is 23.4 Å². The summed E-state index contributed by atoms with van der Waals surface area (Å²) in [6.07, 6.45) is 1.31. The van der Waals surface area contributed by atoms with Gasteiger partial charge in [-0.3, -0.25) is 14.4 Å². The lowest BCUT2D eigenvalue weighted by atomic mass is 10.0. The minimum Gasteiger partial charge on any atom is -0.496 e. The molecule has 1 fully saturated rings. The number of benzene rings is 2. The normalized spacial score (nSPS) is 14.5. The van der Waals surface area contributed by atoms with Crippen molar-refractivity contribution in [3.05, 3.63) is 53.1 Å². The van der Waals surface area contributed by atoms with Crippen LogP contribution >= 0.6 is 11.6 Å². The van der Waals surface area contributed by atoms with Crippen molar-refractivity contribution < 1.29 is 19.1 Å². The SMILES string of the molecule is COc1ccccc1C(=O)N[C@@H](C(=O)Nc1ccc(N2CCCC2=O)c(Cl)c1)C(C)C. The zero-order valence-corrected chi connectivity index (χ0v) is 18.5. The number of amides is 3. The van der Waals surface area contributed by atoms with Gasteiger partial charge in [-0.15, -0.1) is 0 Å². The standard InChI is InChI=1S/C23H26ClN3O4/c1-14(2)21(26-22(29)16-7-4-5-8-19(16)31-3)23(30)25-15-10-11-18(17(24)13-15)27-12-6-9-20(27)28/h4-5,7-8,10-11,13-14,21H,6,9,12H2,1-3H3,(H,25,30)(H,26,29)/t21-/m1/s1. The maximum atomic E-state index is 12.9. The van der Waals surface area contributed by atoms with Crippen LogP contribution < -0.4 is 20.3 Å². The van der Waals surface area contributed by atoms with Crippen LogP contribution in [0.4, 0.5) is 11.4 Å². The first-order chi connectivity index (χ1) is 14.8. The molecule has 0 spiro atoms. The van der Waals surface area contributed by atoms with Crippen LogP contribution in [0.2, 0.25) is 5.02 Å². The van der Waals surface area contributed by atoms with Gasteiger partial charge in [0.15, 0.2) is 0 Å². The number of carbonyl (C=O) groups is 3. The number of halogens is 1. The molecule has 0 radical (unpaired) electrons. The second-order valence-electron chi connectivity index (χ2n) is 7.70. The summed E-state index contributed by atoms with van der Waals surface area (Å²) in [6.45, 7) is 4.33. The average molecular weight is 444 g/mol. The summed E-state index contributed by atoms with van der Waals surface area (Å²) in [5.74, 6) is -0.443. The fourth-order valence-corrected chi connectivity index (χ4v) is 3.80. The third-order valence-electron chi connectivity index (χ3n) is 5.17. The number of rotatable bonds is 7. The highest BCUT2D eigenvalue weighted by atomic mass is 35.5. The van der Waals surface area contributed by atoms with Crippen molar-refractivity contribution in [2.45, 2.75) is 32.7 Å². The molecule has 2 N–H and O–H groups in total. The van der Waals surface area contributed by atoms with Crippen molar-refractivity contribution in [3.8, 4) is 5.75 Å². The van der Waals surface area contributed by atoms with E-state index in [0.717, 1.165) is 6.42 Å². The summed E-state index contributed by atoms with van der Waals surface area (Å²) in [6, 6.07) is 11.1. The minimum absolute atomic E-state index is 0.0395. The van der Waals surface area contributed by atoms with Gasteiger partial charge in [-0.25, -0.2) is 0 Å². The molecule has 3 rings (SSSR count). The predicted octanol–water partition coefficient (Wildman–Crippen LogP) is 3.87. The van der Waals surface area contributed by atoms with Crippen molar-refractivity contribution in [1.82, 2.24) is 5.32 Å². The predicted molar refractivity (Wildman–Crippen MR) is 121 cm³/mol. The monoisotopic (exact) mass is 443 g/mol. The van der Waals surface area contributed by atoms with Crippen LogP contribution in [0.15, 0.2) is 42.5 Å². The van der Waals surface area contributed by atoms with E-state index in [1.165, 1.54) is 7.11 Å². The number of ether oxygens (including phenoxy) is 1. The largest absolute Gasteiger partial charge is 0.496 e. The van der Waals surface area contributed by atoms with Crippen molar-refractivity contribution in [3.63, 3.8) is 0 Å². The van der Waals surface area contributed by atoms with E-state index in [-0.39, 0.29) is 17.7 Å². The van der Waals surface area contributed by atoms with Gasteiger partial charge in [-0.05, 0) is 42.7 Å². The Morgan fingerprint density at radius 3 is 2.52 bits per heavy atom. The van der Waals surface area contributed by atoms with E-state index in [4.69, 9.17) is 16.3 Å². The number of hydrogen-bond donors (Lipinski definition) is 2. The number of nitrogens with one attached hydrogen (secondary N) is 2. The van der Waals surface area contributed by atoms with E-state index in [2.05, 4.69) is 10.6 Å². The molecule has 2 aromatic carbocycles. The fourth-order valence-electron chi connectivity index (χ4n) is 3.51. The van der Waals surface area contributed by atoms with Gasteiger partial charge in [0, 0.05) is 18.7 Å². The van der Waals surface area contributed by atoms with E-state index in [9.17, 15) is 14.4 Å². The van der Waals surface area contributed by atoms with Gasteiger partial charge in [0.1, 0.15) is 11.8 Å². The minimum atomic E-state index is -0.768. The Balaban J connectivity index is 1.73. The van der Waals surface area contributed by atoms with Gasteiger partial charge in [-0.2, -0.15) is 0 Å². The summed E-state index contributed by atoms with van der Waals surface area (Å²) in [4.78, 5) is 39.3. The molecule has 1 aliphatic rings. The molecule has 1 aliphatic heterocycles. The Labute approximate surface area is 186 Å². The fraction of sp³-hybridized carbons (Fsp3) is 0.348. The van der Waals surface area contributed by atoms with Gasteiger partial charge in [0.25, 0.3) is 5.91 Å². The van der Waals surface area contributed by atoms with Crippen LogP contribution in [0.25, 0.3) is 0 Å². The summed E-state index contributed by atoms with van der Waals surface area (Å²) in [7, 11) is 1.49. The summed E-state index contributed by atoms with van der Waals surface area (Å²) >= 11 is 6.37. The molecule has 31 heavy (non-hydrogen) atoms. The van der Waals surface area contributed by atoms with Crippen molar-refractivity contribution in [2.24, 2.45) is 5.92 Å². The van der Waals surface area contributed by atoms with Crippen LogP contribution in [0, 0.1) is 5.92 Å². The van der Waals surface area contributed by atoms with Crippen molar-refractivity contribution in [1.29, 1.82) is 0 Å². The number of nitrogens with zero attached hydrogens (tertiary/aromatic N) is 1. The van der Waals surface area contributed by atoms with Crippen LogP contribution in [-0.4, -0.2) is 37.4 Å². The molecule has 0 saturated carbocycles. The Hall–Kier alpha value is -3.06. The average Bonchev–Trinajstić information content (AvgIpc) is 3.17. The smallest absolute Gasteiger partial charge is 0.255 e. The lowest BCUT2D eigenvalue weighted by Crippen LogP contribution is -2.47. The maximum absolute atomic E-state index is 12.9.